The number of carbonyl (C=O) groups excluding carboxylic acids is 2. The predicted molar refractivity (Wildman–Crippen MR) is 82.0 cm³/mol. The number of nitrogens with two attached hydrogens (primary N) is 2. The van der Waals surface area contributed by atoms with Gasteiger partial charge in [0.25, 0.3) is 5.91 Å². The fraction of sp³-hybridized carbons (Fsp3) is 0.571. The van der Waals surface area contributed by atoms with E-state index in [2.05, 4.69) is 4.90 Å². The highest BCUT2D eigenvalue weighted by molar-refractivity contribution is 7.19. The second-order valence-electron chi connectivity index (χ2n) is 5.48. The number of hydrogen-bond acceptors (Lipinski definition) is 6. The first-order valence-corrected chi connectivity index (χ1v) is 8.00. The Morgan fingerprint density at radius 1 is 1.24 bits per heavy atom. The van der Waals surface area contributed by atoms with Gasteiger partial charge in [-0.25, -0.2) is 0 Å². The van der Waals surface area contributed by atoms with Crippen LogP contribution >= 0.6 is 11.3 Å². The lowest BCUT2D eigenvalue weighted by molar-refractivity contribution is 0.0972. The number of nitrogens with zero attached hydrogens (tertiary/aromatic N) is 1. The van der Waals surface area contributed by atoms with Crippen LogP contribution in [0.4, 0.5) is 10.7 Å². The van der Waals surface area contributed by atoms with Gasteiger partial charge in [-0.15, -0.1) is 11.3 Å². The van der Waals surface area contributed by atoms with Crippen molar-refractivity contribution in [3.8, 4) is 0 Å². The molecule has 21 heavy (non-hydrogen) atoms. The molecule has 7 heteroatoms. The van der Waals surface area contributed by atoms with E-state index in [4.69, 9.17) is 16.2 Å². The van der Waals surface area contributed by atoms with Crippen molar-refractivity contribution in [1.29, 1.82) is 0 Å². The van der Waals surface area contributed by atoms with Crippen LogP contribution in [0, 0.1) is 5.92 Å². The van der Waals surface area contributed by atoms with Crippen LogP contribution in [0.25, 0.3) is 0 Å². The number of amides is 1. The van der Waals surface area contributed by atoms with Gasteiger partial charge in [-0.05, 0) is 19.3 Å². The second-order valence-corrected chi connectivity index (χ2v) is 6.48. The van der Waals surface area contributed by atoms with Crippen LogP contribution < -0.4 is 16.4 Å². The van der Waals surface area contributed by atoms with Crippen LogP contribution in [0.1, 0.15) is 39.3 Å². The zero-order valence-electron chi connectivity index (χ0n) is 11.8. The zero-order valence-corrected chi connectivity index (χ0v) is 12.6. The van der Waals surface area contributed by atoms with E-state index in [0.29, 0.717) is 30.2 Å². The lowest BCUT2D eigenvalue weighted by Crippen LogP contribution is -2.27. The Labute approximate surface area is 127 Å². The van der Waals surface area contributed by atoms with Crippen LogP contribution in [-0.2, 0) is 4.74 Å². The number of rotatable bonds is 4. The summed E-state index contributed by atoms with van der Waals surface area (Å²) in [4.78, 5) is 26.6. The highest BCUT2D eigenvalue weighted by Gasteiger charge is 2.35. The summed E-state index contributed by atoms with van der Waals surface area (Å²) in [5, 5.41) is 0.717. The van der Waals surface area contributed by atoms with Crippen LogP contribution in [0.5, 0.6) is 0 Å². The maximum atomic E-state index is 12.3. The van der Waals surface area contributed by atoms with Gasteiger partial charge in [0.1, 0.15) is 5.00 Å². The molecule has 4 N–H and O–H groups in total. The van der Waals surface area contributed by atoms with Crippen LogP contribution in [0.3, 0.4) is 0 Å². The second kappa shape index (κ2) is 5.65. The fourth-order valence-electron chi connectivity index (χ4n) is 2.56. The Balaban J connectivity index is 1.99. The summed E-state index contributed by atoms with van der Waals surface area (Å²) in [6, 6.07) is 0. The number of primary amides is 1. The van der Waals surface area contributed by atoms with Gasteiger partial charge in [0.05, 0.1) is 22.7 Å². The molecule has 1 aliphatic carbocycles. The summed E-state index contributed by atoms with van der Waals surface area (Å²) < 4.78 is 5.43. The van der Waals surface area contributed by atoms with Crippen molar-refractivity contribution < 1.29 is 14.3 Å². The molecule has 1 saturated carbocycles. The third-order valence-corrected chi connectivity index (χ3v) is 5.14. The fourth-order valence-corrected chi connectivity index (χ4v) is 3.85. The highest BCUT2D eigenvalue weighted by atomic mass is 32.1. The van der Waals surface area contributed by atoms with Gasteiger partial charge in [-0.2, -0.15) is 0 Å². The van der Waals surface area contributed by atoms with Crippen molar-refractivity contribution in [2.45, 2.75) is 19.3 Å². The summed E-state index contributed by atoms with van der Waals surface area (Å²) in [7, 11) is 0. The van der Waals surface area contributed by atoms with E-state index in [0.717, 1.165) is 30.8 Å². The Kier molecular flexibility index (Phi) is 3.86. The molecule has 0 atom stereocenters. The van der Waals surface area contributed by atoms with E-state index in [1.54, 1.807) is 0 Å². The van der Waals surface area contributed by atoms with Crippen molar-refractivity contribution >= 4 is 33.7 Å². The molecular weight excluding hydrogens is 290 g/mol. The van der Waals surface area contributed by atoms with Crippen molar-refractivity contribution in [2.75, 3.05) is 36.9 Å². The maximum absolute atomic E-state index is 12.3. The van der Waals surface area contributed by atoms with Crippen molar-refractivity contribution in [3.05, 3.63) is 10.4 Å². The molecule has 2 heterocycles. The smallest absolute Gasteiger partial charge is 0.253 e. The molecule has 114 valence electrons. The Morgan fingerprint density at radius 3 is 2.67 bits per heavy atom. The van der Waals surface area contributed by atoms with Gasteiger partial charge in [-0.1, -0.05) is 0 Å². The van der Waals surface area contributed by atoms with Crippen LogP contribution in [0.15, 0.2) is 0 Å². The van der Waals surface area contributed by atoms with Crippen molar-refractivity contribution in [1.82, 2.24) is 0 Å². The van der Waals surface area contributed by atoms with Crippen LogP contribution in [-0.4, -0.2) is 38.0 Å². The third-order valence-electron chi connectivity index (χ3n) is 3.85. The normalized spacial score (nSPS) is 19.3. The summed E-state index contributed by atoms with van der Waals surface area (Å²) in [6.45, 7) is 2.76. The van der Waals surface area contributed by atoms with Crippen LogP contribution in [0.2, 0.25) is 0 Å². The average Bonchev–Trinajstić information content (AvgIpc) is 3.25. The summed E-state index contributed by atoms with van der Waals surface area (Å²) in [5.74, 6) is -0.442. The summed E-state index contributed by atoms with van der Waals surface area (Å²) in [5.41, 5.74) is 12.1. The van der Waals surface area contributed by atoms with Gasteiger partial charge in [0.15, 0.2) is 5.78 Å². The number of anilines is 2. The van der Waals surface area contributed by atoms with E-state index in [9.17, 15) is 9.59 Å². The largest absolute Gasteiger partial charge is 0.397 e. The van der Waals surface area contributed by atoms with E-state index in [-0.39, 0.29) is 17.4 Å². The topological polar surface area (TPSA) is 98.6 Å². The first kappa shape index (κ1) is 14.3. The molecule has 0 spiro atoms. The van der Waals surface area contributed by atoms with Crippen molar-refractivity contribution in [2.24, 2.45) is 11.7 Å². The summed E-state index contributed by atoms with van der Waals surface area (Å²) in [6.07, 6.45) is 2.70. The molecule has 1 aliphatic heterocycles. The number of Topliss-reactive ketones (excluding diaryl/α,β-unsaturated/α-hetero) is 1. The van der Waals surface area contributed by atoms with E-state index < -0.39 is 5.91 Å². The molecule has 6 nitrogen and oxygen atoms in total. The molecule has 1 amide bonds. The molecule has 0 radical (unpaired) electrons. The van der Waals surface area contributed by atoms with Gasteiger partial charge < -0.3 is 21.1 Å². The minimum absolute atomic E-state index is 0.0531. The SMILES string of the molecule is NC(=O)c1c(N2CCCOCC2)sc(C(=O)C2CC2)c1N. The third kappa shape index (κ3) is 2.75. The number of hydrogen-bond donors (Lipinski definition) is 2. The maximum Gasteiger partial charge on any atom is 0.253 e. The standard InChI is InChI=1S/C14H19N3O3S/c15-10-9(13(16)19)14(17-4-1-6-20-7-5-17)21-12(10)11(18)8-2-3-8/h8H,1-7,15H2,(H2,16,19). The Morgan fingerprint density at radius 2 is 2.00 bits per heavy atom. The number of nitrogen functional groups attached to an aromatic ring is 1. The molecule has 2 aliphatic rings. The monoisotopic (exact) mass is 309 g/mol. The molecule has 1 saturated heterocycles. The molecule has 0 bridgehead atoms. The number of ketones is 1. The summed E-state index contributed by atoms with van der Waals surface area (Å²) >= 11 is 1.30. The molecule has 1 aromatic rings. The highest BCUT2D eigenvalue weighted by Crippen LogP contribution is 2.43. The zero-order chi connectivity index (χ0) is 15.0. The molecule has 2 fully saturated rings. The molecule has 0 unspecified atom stereocenters. The molecule has 0 aromatic carbocycles. The number of ether oxygens (including phenoxy) is 1. The lowest BCUT2D eigenvalue weighted by Gasteiger charge is -2.20. The quantitative estimate of drug-likeness (QED) is 0.816. The minimum atomic E-state index is -0.571. The Hall–Kier alpha value is -1.60. The first-order chi connectivity index (χ1) is 10.1. The van der Waals surface area contributed by atoms with Gasteiger partial charge >= 0.3 is 0 Å². The lowest BCUT2D eigenvalue weighted by atomic mass is 10.1. The van der Waals surface area contributed by atoms with Crippen molar-refractivity contribution in [3.63, 3.8) is 0 Å². The Bertz CT molecular complexity index is 572. The van der Waals surface area contributed by atoms with E-state index in [1.807, 2.05) is 0 Å². The average molecular weight is 309 g/mol. The van der Waals surface area contributed by atoms with Gasteiger partial charge in [-0.3, -0.25) is 9.59 Å². The molecule has 3 rings (SSSR count). The predicted octanol–water partition coefficient (Wildman–Crippen LogP) is 1.25. The minimum Gasteiger partial charge on any atom is -0.397 e. The van der Waals surface area contributed by atoms with E-state index in [1.165, 1.54) is 11.3 Å². The molecule has 1 aromatic heterocycles. The van der Waals surface area contributed by atoms with E-state index >= 15 is 0 Å². The van der Waals surface area contributed by atoms with Gasteiger partial charge in [0, 0.05) is 25.6 Å². The molecular formula is C14H19N3O3S. The first-order valence-electron chi connectivity index (χ1n) is 7.18. The number of thiophene rings is 1. The number of carbonyl (C=O) groups is 2. The van der Waals surface area contributed by atoms with Gasteiger partial charge in [0.2, 0.25) is 0 Å².